The standard InChI is InChI=1S/C14H15.3ClH.Ti/c1-11-6-5-9-14(12(11)2)10-13-7-3-4-8-13;;;;/h3-9H,10H2,1-2H3;3*1H;/q;;;;+3/p-3. The minimum atomic E-state index is 0. The number of hydrogen-bond donors (Lipinski definition) is 0. The Labute approximate surface area is 140 Å². The molecule has 1 aromatic rings. The van der Waals surface area contributed by atoms with Gasteiger partial charge in [0.2, 0.25) is 0 Å². The van der Waals surface area contributed by atoms with Crippen LogP contribution < -0.4 is 37.2 Å². The minimum absolute atomic E-state index is 0. The summed E-state index contributed by atoms with van der Waals surface area (Å²) in [4.78, 5) is 0. The predicted molar refractivity (Wildman–Crippen MR) is 60.6 cm³/mol. The summed E-state index contributed by atoms with van der Waals surface area (Å²) in [7, 11) is 0. The molecule has 0 amide bonds. The number of rotatable bonds is 2. The van der Waals surface area contributed by atoms with Gasteiger partial charge in [-0.15, -0.1) is 0 Å². The van der Waals surface area contributed by atoms with Crippen LogP contribution in [-0.2, 0) is 26.9 Å². The summed E-state index contributed by atoms with van der Waals surface area (Å²) in [5.74, 6) is 0. The number of allylic oxidation sites excluding steroid dienone is 4. The Morgan fingerprint density at radius 3 is 2.11 bits per heavy atom. The van der Waals surface area contributed by atoms with Crippen molar-refractivity contribution in [1.29, 1.82) is 0 Å². The first-order chi connectivity index (χ1) is 7.11. The molecule has 0 saturated carbocycles. The molecule has 0 nitrogen and oxygen atoms in total. The molecule has 1 aliphatic rings. The van der Waals surface area contributed by atoms with Crippen LogP contribution in [0.1, 0.15) is 16.7 Å². The van der Waals surface area contributed by atoms with Crippen LogP contribution in [0.15, 0.2) is 42.5 Å². The van der Waals surface area contributed by atoms with E-state index < -0.39 is 0 Å². The van der Waals surface area contributed by atoms with Crippen LogP contribution in [-0.4, -0.2) is 0 Å². The summed E-state index contributed by atoms with van der Waals surface area (Å²) >= 11 is 2.29. The fourth-order valence-electron chi connectivity index (χ4n) is 1.95. The van der Waals surface area contributed by atoms with Crippen LogP contribution in [0.3, 0.4) is 0 Å². The van der Waals surface area contributed by atoms with E-state index in [9.17, 15) is 0 Å². The van der Waals surface area contributed by atoms with Gasteiger partial charge in [0.1, 0.15) is 0 Å². The third kappa shape index (κ3) is 4.76. The molecular formula is C14H15Cl3Ti. The van der Waals surface area contributed by atoms with Gasteiger partial charge in [-0.1, -0.05) is 0 Å². The fourth-order valence-corrected chi connectivity index (χ4v) is 2.54. The van der Waals surface area contributed by atoms with E-state index in [-0.39, 0.29) is 40.9 Å². The van der Waals surface area contributed by atoms with E-state index in [1.54, 1.807) is 0 Å². The van der Waals surface area contributed by atoms with E-state index in [0.29, 0.717) is 0 Å². The largest absolute Gasteiger partial charge is 1.00 e. The van der Waals surface area contributed by atoms with Gasteiger partial charge < -0.3 is 37.2 Å². The Hall–Kier alpha value is 0.284. The molecule has 0 radical (unpaired) electrons. The normalized spacial score (nSPS) is 14.4. The predicted octanol–water partition coefficient (Wildman–Crippen LogP) is -5.31. The molecule has 0 atom stereocenters. The van der Waals surface area contributed by atoms with Gasteiger partial charge in [0.05, 0.1) is 0 Å². The first kappa shape index (κ1) is 20.6. The minimum Gasteiger partial charge on any atom is -1.00 e. The molecule has 0 unspecified atom stereocenters. The molecule has 0 fully saturated rings. The third-order valence-corrected chi connectivity index (χ3v) is 3.89. The van der Waals surface area contributed by atoms with Gasteiger partial charge in [0.25, 0.3) is 0 Å². The van der Waals surface area contributed by atoms with Crippen molar-refractivity contribution in [3.63, 3.8) is 0 Å². The van der Waals surface area contributed by atoms with Crippen molar-refractivity contribution in [2.45, 2.75) is 24.0 Å². The Balaban J connectivity index is 0. The molecule has 0 aliphatic heterocycles. The van der Waals surface area contributed by atoms with E-state index >= 15 is 0 Å². The molecule has 0 bridgehead atoms. The molecule has 1 aromatic carbocycles. The first-order valence-electron chi connectivity index (χ1n) is 5.28. The zero-order valence-electron chi connectivity index (χ0n) is 10.4. The average Bonchev–Trinajstić information content (AvgIpc) is 2.60. The molecule has 4 heteroatoms. The number of aryl methyl sites for hydroxylation is 1. The Morgan fingerprint density at radius 1 is 1.00 bits per heavy atom. The molecule has 0 N–H and O–H groups in total. The summed E-state index contributed by atoms with van der Waals surface area (Å²) in [6, 6.07) is 6.58. The van der Waals surface area contributed by atoms with Crippen molar-refractivity contribution in [2.24, 2.45) is 0 Å². The molecule has 0 aromatic heterocycles. The molecule has 0 saturated heterocycles. The van der Waals surface area contributed by atoms with Gasteiger partial charge in [0.15, 0.2) is 0 Å². The zero-order chi connectivity index (χ0) is 10.9. The Bertz CT molecular complexity index is 427. The summed E-state index contributed by atoms with van der Waals surface area (Å²) in [6.07, 6.45) is 9.97. The van der Waals surface area contributed by atoms with Crippen LogP contribution in [0.5, 0.6) is 0 Å². The van der Waals surface area contributed by atoms with Crippen molar-refractivity contribution in [2.75, 3.05) is 0 Å². The van der Waals surface area contributed by atoms with Crippen molar-refractivity contribution < 1.29 is 57.7 Å². The second-order valence-corrected chi connectivity index (χ2v) is 5.75. The molecule has 18 heavy (non-hydrogen) atoms. The number of hydrogen-bond acceptors (Lipinski definition) is 0. The molecule has 96 valence electrons. The first-order valence-corrected chi connectivity index (χ1v) is 6.06. The van der Waals surface area contributed by atoms with Gasteiger partial charge >= 0.3 is 104 Å². The van der Waals surface area contributed by atoms with Crippen molar-refractivity contribution in [3.05, 3.63) is 59.2 Å². The van der Waals surface area contributed by atoms with E-state index in [1.807, 2.05) is 0 Å². The van der Waals surface area contributed by atoms with Crippen LogP contribution in [0, 0.1) is 13.8 Å². The molecule has 2 rings (SSSR count). The maximum atomic E-state index is 2.29. The SMILES string of the molecule is Cc1cccc(C[C]2([Ti+3])C=CC=C2)c1C.[Cl-].[Cl-].[Cl-]. The summed E-state index contributed by atoms with van der Waals surface area (Å²) in [6.45, 7) is 4.40. The number of halogens is 3. The monoisotopic (exact) mass is 336 g/mol. The van der Waals surface area contributed by atoms with E-state index in [1.165, 1.54) is 16.7 Å². The van der Waals surface area contributed by atoms with Gasteiger partial charge in [-0.25, -0.2) is 0 Å². The summed E-state index contributed by atoms with van der Waals surface area (Å²) in [5.41, 5.74) is 4.29. The molecule has 0 heterocycles. The smallest absolute Gasteiger partial charge is 1.00 e. The van der Waals surface area contributed by atoms with Gasteiger partial charge in [-0.3, -0.25) is 0 Å². The van der Waals surface area contributed by atoms with Crippen LogP contribution in [0.2, 0.25) is 3.72 Å². The number of benzene rings is 1. The van der Waals surface area contributed by atoms with Crippen LogP contribution in [0.4, 0.5) is 0 Å². The molecular weight excluding hydrogens is 322 g/mol. The second-order valence-electron chi connectivity index (χ2n) is 4.29. The van der Waals surface area contributed by atoms with Gasteiger partial charge in [-0.2, -0.15) is 0 Å². The molecule has 1 aliphatic carbocycles. The summed E-state index contributed by atoms with van der Waals surface area (Å²) < 4.78 is 0.221. The van der Waals surface area contributed by atoms with Crippen molar-refractivity contribution >= 4 is 0 Å². The van der Waals surface area contributed by atoms with Crippen molar-refractivity contribution in [3.8, 4) is 0 Å². The van der Waals surface area contributed by atoms with E-state index in [4.69, 9.17) is 0 Å². The van der Waals surface area contributed by atoms with E-state index in [0.717, 1.165) is 6.42 Å². The van der Waals surface area contributed by atoms with Crippen LogP contribution in [0.25, 0.3) is 0 Å². The maximum absolute atomic E-state index is 2.29. The summed E-state index contributed by atoms with van der Waals surface area (Å²) in [5, 5.41) is 0. The van der Waals surface area contributed by atoms with Gasteiger partial charge in [0, 0.05) is 0 Å². The zero-order valence-corrected chi connectivity index (χ0v) is 14.2. The van der Waals surface area contributed by atoms with E-state index in [2.05, 4.69) is 76.8 Å². The fraction of sp³-hybridized carbons (Fsp3) is 0.286. The Kier molecular flexibility index (Phi) is 9.67. The van der Waals surface area contributed by atoms with Crippen molar-refractivity contribution in [1.82, 2.24) is 0 Å². The van der Waals surface area contributed by atoms with Gasteiger partial charge in [-0.05, 0) is 0 Å². The Morgan fingerprint density at radius 2 is 1.56 bits per heavy atom. The quantitative estimate of drug-likeness (QED) is 0.473. The molecule has 0 spiro atoms. The average molecular weight is 338 g/mol. The second kappa shape index (κ2) is 8.45. The third-order valence-electron chi connectivity index (χ3n) is 3.10. The maximum Gasteiger partial charge on any atom is -1.00 e. The van der Waals surface area contributed by atoms with Crippen LogP contribution >= 0.6 is 0 Å². The topological polar surface area (TPSA) is 0 Å².